The van der Waals surface area contributed by atoms with Gasteiger partial charge in [0.15, 0.2) is 11.5 Å². The fourth-order valence-corrected chi connectivity index (χ4v) is 3.56. The Morgan fingerprint density at radius 3 is 2.34 bits per heavy atom. The minimum atomic E-state index is -0.462. The number of rotatable bonds is 5. The fourth-order valence-electron chi connectivity index (χ4n) is 3.56. The molecule has 7 heteroatoms. The molecule has 1 N–H and O–H groups in total. The first-order valence-corrected chi connectivity index (χ1v) is 9.42. The van der Waals surface area contributed by atoms with Crippen LogP contribution in [0, 0.1) is 6.92 Å². The Bertz CT molecular complexity index is 895. The molecule has 0 bridgehead atoms. The molecular weight excluding hydrogens is 372 g/mol. The lowest BCUT2D eigenvalue weighted by Gasteiger charge is -2.37. The van der Waals surface area contributed by atoms with Crippen LogP contribution < -0.4 is 14.8 Å². The number of nitrogens with one attached hydrogen (secondary N) is 1. The van der Waals surface area contributed by atoms with Gasteiger partial charge < -0.3 is 24.4 Å². The zero-order valence-electron chi connectivity index (χ0n) is 17.2. The normalized spacial score (nSPS) is 15.3. The van der Waals surface area contributed by atoms with Crippen LogP contribution in [0.25, 0.3) is 0 Å². The maximum Gasteiger partial charge on any atom is 0.322 e. The highest BCUT2D eigenvalue weighted by molar-refractivity contribution is 5.90. The van der Waals surface area contributed by atoms with E-state index in [4.69, 9.17) is 14.2 Å². The van der Waals surface area contributed by atoms with Crippen molar-refractivity contribution in [2.75, 3.05) is 33.2 Å². The van der Waals surface area contributed by atoms with Gasteiger partial charge in [0.05, 0.1) is 33.8 Å². The number of nitrogens with zero attached hydrogens (tertiary/aromatic N) is 1. The number of carbonyl (C=O) groups excluding carboxylic acids is 2. The van der Waals surface area contributed by atoms with Crippen LogP contribution in [0.2, 0.25) is 0 Å². The van der Waals surface area contributed by atoms with Gasteiger partial charge in [-0.05, 0) is 48.7 Å². The third-order valence-electron chi connectivity index (χ3n) is 5.15. The molecule has 29 heavy (non-hydrogen) atoms. The molecule has 154 valence electrons. The van der Waals surface area contributed by atoms with Crippen molar-refractivity contribution in [1.29, 1.82) is 0 Å². The predicted molar refractivity (Wildman–Crippen MR) is 110 cm³/mol. The molecule has 0 aliphatic carbocycles. The number of benzene rings is 2. The average molecular weight is 398 g/mol. The van der Waals surface area contributed by atoms with Crippen molar-refractivity contribution in [3.63, 3.8) is 0 Å². The van der Waals surface area contributed by atoms with Gasteiger partial charge in [0.25, 0.3) is 0 Å². The quantitative estimate of drug-likeness (QED) is 0.777. The van der Waals surface area contributed by atoms with Crippen molar-refractivity contribution in [3.05, 3.63) is 53.1 Å². The van der Waals surface area contributed by atoms with Gasteiger partial charge in [-0.25, -0.2) is 4.79 Å². The van der Waals surface area contributed by atoms with Gasteiger partial charge >= 0.3 is 12.0 Å². The van der Waals surface area contributed by atoms with E-state index in [0.29, 0.717) is 30.2 Å². The predicted octanol–water partition coefficient (Wildman–Crippen LogP) is 3.71. The number of anilines is 1. The van der Waals surface area contributed by atoms with Crippen LogP contribution in [0.3, 0.4) is 0 Å². The number of hydrogen-bond acceptors (Lipinski definition) is 5. The molecule has 1 aliphatic heterocycles. The van der Waals surface area contributed by atoms with Crippen LogP contribution in [-0.4, -0.2) is 44.8 Å². The number of aryl methyl sites for hydroxylation is 1. The van der Waals surface area contributed by atoms with E-state index in [-0.39, 0.29) is 18.4 Å². The summed E-state index contributed by atoms with van der Waals surface area (Å²) in [4.78, 5) is 26.8. The van der Waals surface area contributed by atoms with Crippen molar-refractivity contribution in [2.24, 2.45) is 0 Å². The number of methoxy groups -OCH3 is 3. The summed E-state index contributed by atoms with van der Waals surface area (Å²) in [5, 5.41) is 2.92. The van der Waals surface area contributed by atoms with Gasteiger partial charge in [0.1, 0.15) is 0 Å². The standard InChI is InChI=1S/C22H26N2O5/c1-14-5-7-16(8-6-14)23-22(26)24-10-9-15-11-19(27-2)20(28-3)12-17(15)18(24)13-21(25)29-4/h5-8,11-12,18H,9-10,13H2,1-4H3,(H,23,26)/t18-/m0/s1. The largest absolute Gasteiger partial charge is 0.493 e. The Morgan fingerprint density at radius 2 is 1.72 bits per heavy atom. The van der Waals surface area contributed by atoms with E-state index in [1.807, 2.05) is 43.3 Å². The van der Waals surface area contributed by atoms with Crippen molar-refractivity contribution in [2.45, 2.75) is 25.8 Å². The maximum atomic E-state index is 13.0. The van der Waals surface area contributed by atoms with Gasteiger partial charge in [-0.15, -0.1) is 0 Å². The Balaban J connectivity index is 1.93. The topological polar surface area (TPSA) is 77.1 Å². The molecule has 1 aliphatic rings. The molecular formula is C22H26N2O5. The molecule has 0 saturated heterocycles. The molecule has 0 spiro atoms. The van der Waals surface area contributed by atoms with E-state index < -0.39 is 6.04 Å². The lowest BCUT2D eigenvalue weighted by molar-refractivity contribution is -0.141. The van der Waals surface area contributed by atoms with Gasteiger partial charge in [0.2, 0.25) is 0 Å². The van der Waals surface area contributed by atoms with Crippen molar-refractivity contribution < 1.29 is 23.8 Å². The van der Waals surface area contributed by atoms with E-state index in [1.165, 1.54) is 7.11 Å². The Morgan fingerprint density at radius 1 is 1.07 bits per heavy atom. The number of hydrogen-bond donors (Lipinski definition) is 1. The Labute approximate surface area is 170 Å². The van der Waals surface area contributed by atoms with Crippen LogP contribution in [0.15, 0.2) is 36.4 Å². The van der Waals surface area contributed by atoms with Crippen LogP contribution in [-0.2, 0) is 16.0 Å². The molecule has 3 rings (SSSR count). The van der Waals surface area contributed by atoms with Gasteiger partial charge in [0, 0.05) is 12.2 Å². The van der Waals surface area contributed by atoms with E-state index >= 15 is 0 Å². The highest BCUT2D eigenvalue weighted by atomic mass is 16.5. The summed E-state index contributed by atoms with van der Waals surface area (Å²) in [6.45, 7) is 2.46. The van der Waals surface area contributed by atoms with Crippen LogP contribution in [0.4, 0.5) is 10.5 Å². The highest BCUT2D eigenvalue weighted by Gasteiger charge is 2.34. The molecule has 0 unspecified atom stereocenters. The molecule has 1 atom stereocenters. The second-order valence-electron chi connectivity index (χ2n) is 6.94. The number of ether oxygens (including phenoxy) is 3. The smallest absolute Gasteiger partial charge is 0.322 e. The summed E-state index contributed by atoms with van der Waals surface area (Å²) in [5.41, 5.74) is 3.70. The Kier molecular flexibility index (Phi) is 6.26. The average Bonchev–Trinajstić information content (AvgIpc) is 2.74. The van der Waals surface area contributed by atoms with Crippen LogP contribution in [0.5, 0.6) is 11.5 Å². The zero-order chi connectivity index (χ0) is 21.0. The summed E-state index contributed by atoms with van der Waals surface area (Å²) in [5.74, 6) is 0.799. The lowest BCUT2D eigenvalue weighted by atomic mass is 9.90. The molecule has 2 aromatic rings. The minimum absolute atomic E-state index is 0.0559. The third kappa shape index (κ3) is 4.45. The second kappa shape index (κ2) is 8.86. The van der Waals surface area contributed by atoms with E-state index in [9.17, 15) is 9.59 Å². The third-order valence-corrected chi connectivity index (χ3v) is 5.15. The summed E-state index contributed by atoms with van der Waals surface area (Å²) in [6.07, 6.45) is 0.703. The number of urea groups is 1. The molecule has 0 saturated carbocycles. The summed E-state index contributed by atoms with van der Waals surface area (Å²) in [6, 6.07) is 10.6. The first-order chi connectivity index (χ1) is 14.0. The molecule has 1 heterocycles. The SMILES string of the molecule is COC(=O)C[C@H]1c2cc(OC)c(OC)cc2CCN1C(=O)Nc1ccc(C)cc1. The summed E-state index contributed by atoms with van der Waals surface area (Å²) >= 11 is 0. The minimum Gasteiger partial charge on any atom is -0.493 e. The number of esters is 1. The summed E-state index contributed by atoms with van der Waals surface area (Å²) in [7, 11) is 4.49. The van der Waals surface area contributed by atoms with Gasteiger partial charge in [-0.3, -0.25) is 4.79 Å². The molecule has 2 aromatic carbocycles. The van der Waals surface area contributed by atoms with Crippen molar-refractivity contribution in [3.8, 4) is 11.5 Å². The molecule has 0 radical (unpaired) electrons. The van der Waals surface area contributed by atoms with Gasteiger partial charge in [-0.2, -0.15) is 0 Å². The van der Waals surface area contributed by atoms with E-state index in [2.05, 4.69) is 5.32 Å². The monoisotopic (exact) mass is 398 g/mol. The lowest BCUT2D eigenvalue weighted by Crippen LogP contribution is -2.43. The number of fused-ring (bicyclic) bond motifs is 1. The fraction of sp³-hybridized carbons (Fsp3) is 0.364. The molecule has 2 amide bonds. The van der Waals surface area contributed by atoms with Crippen molar-refractivity contribution in [1.82, 2.24) is 4.90 Å². The molecule has 0 aromatic heterocycles. The summed E-state index contributed by atoms with van der Waals surface area (Å²) < 4.78 is 15.7. The first kappa shape index (κ1) is 20.5. The van der Waals surface area contributed by atoms with Gasteiger partial charge in [-0.1, -0.05) is 17.7 Å². The molecule has 0 fully saturated rings. The van der Waals surface area contributed by atoms with Crippen LogP contribution in [0.1, 0.15) is 29.2 Å². The van der Waals surface area contributed by atoms with E-state index in [0.717, 1.165) is 16.7 Å². The Hall–Kier alpha value is -3.22. The number of carbonyl (C=O) groups is 2. The van der Waals surface area contributed by atoms with Crippen molar-refractivity contribution >= 4 is 17.7 Å². The first-order valence-electron chi connectivity index (χ1n) is 9.42. The highest BCUT2D eigenvalue weighted by Crippen LogP contribution is 2.39. The second-order valence-corrected chi connectivity index (χ2v) is 6.94. The van der Waals surface area contributed by atoms with E-state index in [1.54, 1.807) is 19.1 Å². The zero-order valence-corrected chi connectivity index (χ0v) is 17.2. The van der Waals surface area contributed by atoms with Crippen LogP contribution >= 0.6 is 0 Å². The molecule has 7 nitrogen and oxygen atoms in total. The number of amides is 2. The maximum absolute atomic E-state index is 13.0.